The van der Waals surface area contributed by atoms with Crippen LogP contribution in [0.15, 0.2) is 38.6 Å². The van der Waals surface area contributed by atoms with E-state index in [-0.39, 0.29) is 5.91 Å². The van der Waals surface area contributed by atoms with Crippen LogP contribution in [0.3, 0.4) is 0 Å². The Kier molecular flexibility index (Phi) is 4.13. The summed E-state index contributed by atoms with van der Waals surface area (Å²) in [5.41, 5.74) is 4.08. The van der Waals surface area contributed by atoms with E-state index in [4.69, 9.17) is 4.42 Å². The van der Waals surface area contributed by atoms with Crippen molar-refractivity contribution in [2.24, 2.45) is 4.99 Å². The second-order valence-electron chi connectivity index (χ2n) is 5.64. The average Bonchev–Trinajstić information content (AvgIpc) is 2.96. The van der Waals surface area contributed by atoms with Crippen molar-refractivity contribution in [1.29, 1.82) is 0 Å². The van der Waals surface area contributed by atoms with Crippen molar-refractivity contribution in [3.05, 3.63) is 57.4 Å². The Morgan fingerprint density at radius 2 is 1.96 bits per heavy atom. The van der Waals surface area contributed by atoms with E-state index in [0.29, 0.717) is 10.1 Å². The Labute approximate surface area is 139 Å². The van der Waals surface area contributed by atoms with Crippen LogP contribution < -0.4 is 5.32 Å². The number of furan rings is 1. The van der Waals surface area contributed by atoms with Crippen LogP contribution in [0.4, 0.5) is 5.69 Å². The predicted molar refractivity (Wildman–Crippen MR) is 94.9 cm³/mol. The Morgan fingerprint density at radius 3 is 2.61 bits per heavy atom. The highest BCUT2D eigenvalue weighted by Crippen LogP contribution is 2.30. The number of hydrogen-bond donors (Lipinski definition) is 1. The summed E-state index contributed by atoms with van der Waals surface area (Å²) in [5.74, 6) is 1.52. The second-order valence-corrected chi connectivity index (χ2v) is 6.67. The molecule has 0 saturated carbocycles. The number of aliphatic imine (C=N–C) groups is 1. The number of carbonyl (C=O) groups is 1. The molecule has 5 heteroatoms. The normalized spacial score (nSPS) is 18.0. The van der Waals surface area contributed by atoms with Crippen LogP contribution in [-0.4, -0.2) is 11.1 Å². The van der Waals surface area contributed by atoms with Gasteiger partial charge in [-0.05, 0) is 63.2 Å². The summed E-state index contributed by atoms with van der Waals surface area (Å²) in [6, 6.07) is 7.99. The predicted octanol–water partition coefficient (Wildman–Crippen LogP) is 4.40. The Hall–Kier alpha value is -2.27. The first-order chi connectivity index (χ1) is 10.9. The lowest BCUT2D eigenvalue weighted by molar-refractivity contribution is -0.115. The molecular weight excluding hydrogens is 308 g/mol. The maximum Gasteiger partial charge on any atom is 0.264 e. The maximum atomic E-state index is 12.1. The first-order valence-electron chi connectivity index (χ1n) is 7.36. The zero-order valence-corrected chi connectivity index (χ0v) is 14.4. The van der Waals surface area contributed by atoms with Gasteiger partial charge in [0.15, 0.2) is 5.17 Å². The summed E-state index contributed by atoms with van der Waals surface area (Å²) in [6.45, 7) is 7.85. The third kappa shape index (κ3) is 3.40. The largest absolute Gasteiger partial charge is 0.466 e. The molecule has 2 heterocycles. The lowest BCUT2D eigenvalue weighted by Crippen LogP contribution is -2.19. The summed E-state index contributed by atoms with van der Waals surface area (Å²) in [4.78, 5) is 17.3. The quantitative estimate of drug-likeness (QED) is 0.832. The third-order valence-corrected chi connectivity index (χ3v) is 4.50. The highest BCUT2D eigenvalue weighted by molar-refractivity contribution is 8.18. The molecule has 1 saturated heterocycles. The fraction of sp³-hybridized carbons (Fsp3) is 0.222. The maximum absolute atomic E-state index is 12.1. The zero-order valence-electron chi connectivity index (χ0n) is 13.6. The summed E-state index contributed by atoms with van der Waals surface area (Å²) in [7, 11) is 0. The van der Waals surface area contributed by atoms with E-state index in [1.165, 1.54) is 17.3 Å². The van der Waals surface area contributed by atoms with Crippen LogP contribution in [-0.2, 0) is 4.79 Å². The minimum absolute atomic E-state index is 0.128. The van der Waals surface area contributed by atoms with E-state index < -0.39 is 0 Å². The van der Waals surface area contributed by atoms with E-state index in [1.807, 2.05) is 52.0 Å². The van der Waals surface area contributed by atoms with Gasteiger partial charge in [0.05, 0.1) is 10.6 Å². The van der Waals surface area contributed by atoms with Crippen molar-refractivity contribution in [2.75, 3.05) is 0 Å². The third-order valence-electron chi connectivity index (χ3n) is 3.59. The smallest absolute Gasteiger partial charge is 0.264 e. The number of benzene rings is 1. The van der Waals surface area contributed by atoms with Crippen LogP contribution in [0.2, 0.25) is 0 Å². The molecule has 0 aliphatic carbocycles. The number of rotatable bonds is 2. The number of aryl methyl sites for hydroxylation is 4. The SMILES string of the molecule is Cc1ccc(N=C2NC(=O)/C(=C/c3cc(C)oc3C)S2)c(C)c1. The van der Waals surface area contributed by atoms with Gasteiger partial charge in [-0.1, -0.05) is 17.7 Å². The molecule has 0 spiro atoms. The fourth-order valence-electron chi connectivity index (χ4n) is 2.46. The number of amides is 1. The van der Waals surface area contributed by atoms with E-state index in [2.05, 4.69) is 16.4 Å². The Balaban J connectivity index is 1.87. The van der Waals surface area contributed by atoms with Gasteiger partial charge in [0.25, 0.3) is 5.91 Å². The van der Waals surface area contributed by atoms with Crippen molar-refractivity contribution < 1.29 is 9.21 Å². The van der Waals surface area contributed by atoms with Gasteiger partial charge in [-0.3, -0.25) is 4.79 Å². The van der Waals surface area contributed by atoms with Crippen LogP contribution in [0.25, 0.3) is 6.08 Å². The van der Waals surface area contributed by atoms with E-state index in [1.54, 1.807) is 0 Å². The van der Waals surface area contributed by atoms with Crippen molar-refractivity contribution >= 4 is 34.6 Å². The average molecular weight is 326 g/mol. The second kappa shape index (κ2) is 6.08. The fourth-order valence-corrected chi connectivity index (χ4v) is 3.28. The molecule has 1 aliphatic heterocycles. The molecule has 118 valence electrons. The summed E-state index contributed by atoms with van der Waals surface area (Å²) < 4.78 is 5.49. The topological polar surface area (TPSA) is 54.6 Å². The van der Waals surface area contributed by atoms with E-state index in [9.17, 15) is 4.79 Å². The summed E-state index contributed by atoms with van der Waals surface area (Å²) >= 11 is 1.35. The van der Waals surface area contributed by atoms with Gasteiger partial charge in [-0.25, -0.2) is 4.99 Å². The molecule has 0 radical (unpaired) electrons. The molecule has 1 aromatic carbocycles. The molecular formula is C18H18N2O2S. The molecule has 1 fully saturated rings. The molecule has 2 aromatic rings. The molecule has 0 unspecified atom stereocenters. The van der Waals surface area contributed by atoms with Gasteiger partial charge >= 0.3 is 0 Å². The first-order valence-corrected chi connectivity index (χ1v) is 8.18. The minimum atomic E-state index is -0.128. The molecule has 0 atom stereocenters. The molecule has 23 heavy (non-hydrogen) atoms. The minimum Gasteiger partial charge on any atom is -0.466 e. The van der Waals surface area contributed by atoms with Gasteiger partial charge in [0.2, 0.25) is 0 Å². The number of hydrogen-bond acceptors (Lipinski definition) is 4. The number of carbonyl (C=O) groups excluding carboxylic acids is 1. The van der Waals surface area contributed by atoms with Gasteiger partial charge in [-0.15, -0.1) is 0 Å². The van der Waals surface area contributed by atoms with Crippen molar-refractivity contribution in [3.8, 4) is 0 Å². The van der Waals surface area contributed by atoms with Crippen molar-refractivity contribution in [1.82, 2.24) is 5.32 Å². The highest BCUT2D eigenvalue weighted by atomic mass is 32.2. The van der Waals surface area contributed by atoms with Crippen LogP contribution >= 0.6 is 11.8 Å². The van der Waals surface area contributed by atoms with Gasteiger partial charge in [0.1, 0.15) is 11.5 Å². The first kappa shape index (κ1) is 15.6. The Morgan fingerprint density at radius 1 is 1.17 bits per heavy atom. The van der Waals surface area contributed by atoms with E-state index in [0.717, 1.165) is 28.3 Å². The molecule has 0 bridgehead atoms. The summed E-state index contributed by atoms with van der Waals surface area (Å²) in [6.07, 6.45) is 1.84. The standard InChI is InChI=1S/C18H18N2O2S/c1-10-5-6-15(11(2)7-10)19-18-20-17(21)16(23-18)9-14-8-12(3)22-13(14)4/h5-9H,1-4H3,(H,19,20,21)/b16-9-. The van der Waals surface area contributed by atoms with Crippen LogP contribution in [0.5, 0.6) is 0 Å². The molecule has 3 rings (SSSR count). The van der Waals surface area contributed by atoms with Crippen molar-refractivity contribution in [3.63, 3.8) is 0 Å². The molecule has 1 aromatic heterocycles. The monoisotopic (exact) mass is 326 g/mol. The lowest BCUT2D eigenvalue weighted by Gasteiger charge is -2.02. The van der Waals surface area contributed by atoms with E-state index >= 15 is 0 Å². The van der Waals surface area contributed by atoms with Gasteiger partial charge in [0, 0.05) is 5.56 Å². The molecule has 1 N–H and O–H groups in total. The van der Waals surface area contributed by atoms with Gasteiger partial charge < -0.3 is 9.73 Å². The lowest BCUT2D eigenvalue weighted by atomic mass is 10.1. The molecule has 1 amide bonds. The van der Waals surface area contributed by atoms with Crippen molar-refractivity contribution in [2.45, 2.75) is 27.7 Å². The number of nitrogens with one attached hydrogen (secondary N) is 1. The Bertz CT molecular complexity index is 847. The number of amidine groups is 1. The highest BCUT2D eigenvalue weighted by Gasteiger charge is 2.24. The summed E-state index contributed by atoms with van der Waals surface area (Å²) in [5, 5.41) is 3.42. The molecule has 4 nitrogen and oxygen atoms in total. The van der Waals surface area contributed by atoms with Gasteiger partial charge in [-0.2, -0.15) is 0 Å². The number of thioether (sulfide) groups is 1. The number of nitrogens with zero attached hydrogens (tertiary/aromatic N) is 1. The van der Waals surface area contributed by atoms with Crippen LogP contribution in [0.1, 0.15) is 28.2 Å². The molecule has 1 aliphatic rings. The zero-order chi connectivity index (χ0) is 16.6. The van der Waals surface area contributed by atoms with Crippen LogP contribution in [0, 0.1) is 27.7 Å².